The Morgan fingerprint density at radius 3 is 2.56 bits per heavy atom. The fraction of sp³-hybridized carbons (Fsp3) is 0.455. The first-order valence-corrected chi connectivity index (χ1v) is 6.09. The van der Waals surface area contributed by atoms with Crippen LogP contribution in [-0.4, -0.2) is 42.0 Å². The molecular weight excluding hydrogens is 270 g/mol. The van der Waals surface area contributed by atoms with Gasteiger partial charge in [-0.05, 0) is 28.1 Å². The van der Waals surface area contributed by atoms with Gasteiger partial charge in [0.05, 0.1) is 0 Å². The molecule has 16 heavy (non-hydrogen) atoms. The van der Waals surface area contributed by atoms with Gasteiger partial charge in [-0.3, -0.25) is 4.79 Å². The quantitative estimate of drug-likeness (QED) is 0.733. The molecule has 0 unspecified atom stereocenters. The Hall–Kier alpha value is -1.10. The van der Waals surface area contributed by atoms with E-state index in [4.69, 9.17) is 0 Å². The van der Waals surface area contributed by atoms with E-state index in [0.717, 1.165) is 36.6 Å². The van der Waals surface area contributed by atoms with Crippen molar-refractivity contribution in [2.45, 2.75) is 6.92 Å². The van der Waals surface area contributed by atoms with Crippen molar-refractivity contribution in [1.29, 1.82) is 0 Å². The Balaban J connectivity index is 2.01. The van der Waals surface area contributed by atoms with Gasteiger partial charge in [0, 0.05) is 33.1 Å². The van der Waals surface area contributed by atoms with Gasteiger partial charge in [-0.2, -0.15) is 0 Å². The van der Waals surface area contributed by atoms with Crippen LogP contribution < -0.4 is 4.90 Å². The van der Waals surface area contributed by atoms with Crippen LogP contribution in [-0.2, 0) is 4.79 Å². The molecule has 5 heteroatoms. The van der Waals surface area contributed by atoms with E-state index >= 15 is 0 Å². The minimum Gasteiger partial charge on any atom is -0.353 e. The summed E-state index contributed by atoms with van der Waals surface area (Å²) >= 11 is 3.36. The number of pyridine rings is 1. The van der Waals surface area contributed by atoms with E-state index in [1.807, 2.05) is 23.1 Å². The zero-order valence-electron chi connectivity index (χ0n) is 9.19. The summed E-state index contributed by atoms with van der Waals surface area (Å²) in [7, 11) is 0. The summed E-state index contributed by atoms with van der Waals surface area (Å²) in [4.78, 5) is 19.7. The van der Waals surface area contributed by atoms with Crippen LogP contribution in [0.2, 0.25) is 0 Å². The number of nitrogens with zero attached hydrogens (tertiary/aromatic N) is 3. The molecule has 2 heterocycles. The molecule has 0 bridgehead atoms. The second-order valence-corrected chi connectivity index (χ2v) is 4.62. The Morgan fingerprint density at radius 2 is 2.00 bits per heavy atom. The molecule has 0 aliphatic carbocycles. The minimum atomic E-state index is 0.154. The fourth-order valence-corrected chi connectivity index (χ4v) is 2.16. The van der Waals surface area contributed by atoms with Gasteiger partial charge >= 0.3 is 0 Å². The number of carbonyl (C=O) groups excluding carboxylic acids is 1. The molecule has 1 aliphatic rings. The maximum Gasteiger partial charge on any atom is 0.219 e. The highest BCUT2D eigenvalue weighted by molar-refractivity contribution is 9.10. The molecule has 2 rings (SSSR count). The van der Waals surface area contributed by atoms with E-state index in [0.29, 0.717) is 0 Å². The van der Waals surface area contributed by atoms with Gasteiger partial charge in [-0.1, -0.05) is 6.07 Å². The van der Waals surface area contributed by atoms with Crippen LogP contribution in [0, 0.1) is 0 Å². The van der Waals surface area contributed by atoms with E-state index < -0.39 is 0 Å². The monoisotopic (exact) mass is 283 g/mol. The molecule has 0 saturated carbocycles. The van der Waals surface area contributed by atoms with E-state index in [2.05, 4.69) is 25.8 Å². The van der Waals surface area contributed by atoms with Crippen LogP contribution in [0.25, 0.3) is 0 Å². The summed E-state index contributed by atoms with van der Waals surface area (Å²) in [5.74, 6) is 1.12. The number of anilines is 1. The summed E-state index contributed by atoms with van der Waals surface area (Å²) in [5, 5.41) is 0. The minimum absolute atomic E-state index is 0.154. The van der Waals surface area contributed by atoms with Crippen molar-refractivity contribution in [2.75, 3.05) is 31.1 Å². The largest absolute Gasteiger partial charge is 0.353 e. The standard InChI is InChI=1S/C11H14BrN3O/c1-9(16)14-5-7-15(8-6-14)11-4-2-3-10(12)13-11/h2-4H,5-8H2,1H3. The normalized spacial score (nSPS) is 16.4. The molecule has 1 fully saturated rings. The van der Waals surface area contributed by atoms with Gasteiger partial charge in [0.15, 0.2) is 0 Å². The van der Waals surface area contributed by atoms with Gasteiger partial charge < -0.3 is 9.80 Å². The van der Waals surface area contributed by atoms with Gasteiger partial charge in [-0.15, -0.1) is 0 Å². The van der Waals surface area contributed by atoms with Crippen LogP contribution in [0.1, 0.15) is 6.92 Å². The molecule has 4 nitrogen and oxygen atoms in total. The summed E-state index contributed by atoms with van der Waals surface area (Å²) < 4.78 is 0.846. The Morgan fingerprint density at radius 1 is 1.31 bits per heavy atom. The van der Waals surface area contributed by atoms with Crippen LogP contribution in [0.15, 0.2) is 22.8 Å². The van der Waals surface area contributed by atoms with E-state index in [-0.39, 0.29) is 5.91 Å². The number of halogens is 1. The molecule has 0 aromatic carbocycles. The van der Waals surface area contributed by atoms with E-state index in [9.17, 15) is 4.79 Å². The van der Waals surface area contributed by atoms with Crippen LogP contribution in [0.3, 0.4) is 0 Å². The number of piperazine rings is 1. The molecule has 0 atom stereocenters. The molecule has 0 spiro atoms. The van der Waals surface area contributed by atoms with Crippen molar-refractivity contribution < 1.29 is 4.79 Å². The lowest BCUT2D eigenvalue weighted by Crippen LogP contribution is -2.48. The predicted molar refractivity (Wildman–Crippen MR) is 66.4 cm³/mol. The number of hydrogen-bond donors (Lipinski definition) is 0. The maximum atomic E-state index is 11.2. The summed E-state index contributed by atoms with van der Waals surface area (Å²) in [6, 6.07) is 5.88. The highest BCUT2D eigenvalue weighted by Gasteiger charge is 2.19. The van der Waals surface area contributed by atoms with Crippen molar-refractivity contribution in [3.63, 3.8) is 0 Å². The highest BCUT2D eigenvalue weighted by atomic mass is 79.9. The summed E-state index contributed by atoms with van der Waals surface area (Å²) in [6.07, 6.45) is 0. The molecule has 1 aromatic rings. The molecular formula is C11H14BrN3O. The molecule has 1 aromatic heterocycles. The summed E-state index contributed by atoms with van der Waals surface area (Å²) in [6.45, 7) is 4.88. The number of amides is 1. The van der Waals surface area contributed by atoms with Crippen molar-refractivity contribution in [2.24, 2.45) is 0 Å². The molecule has 1 saturated heterocycles. The lowest BCUT2D eigenvalue weighted by Gasteiger charge is -2.34. The second-order valence-electron chi connectivity index (χ2n) is 3.81. The summed E-state index contributed by atoms with van der Waals surface area (Å²) in [5.41, 5.74) is 0. The number of hydrogen-bond acceptors (Lipinski definition) is 3. The molecule has 0 radical (unpaired) electrons. The SMILES string of the molecule is CC(=O)N1CCN(c2cccc(Br)n2)CC1. The molecule has 1 amide bonds. The number of carbonyl (C=O) groups is 1. The van der Waals surface area contributed by atoms with Crippen molar-refractivity contribution >= 4 is 27.7 Å². The van der Waals surface area contributed by atoms with Crippen molar-refractivity contribution in [1.82, 2.24) is 9.88 Å². The Kier molecular flexibility index (Phi) is 3.43. The van der Waals surface area contributed by atoms with Gasteiger partial charge in [0.2, 0.25) is 5.91 Å². The molecule has 0 N–H and O–H groups in total. The Labute approximate surface area is 103 Å². The zero-order chi connectivity index (χ0) is 11.5. The first-order chi connectivity index (χ1) is 7.66. The average molecular weight is 284 g/mol. The van der Waals surface area contributed by atoms with Crippen molar-refractivity contribution in [3.8, 4) is 0 Å². The van der Waals surface area contributed by atoms with Crippen LogP contribution in [0.4, 0.5) is 5.82 Å². The zero-order valence-corrected chi connectivity index (χ0v) is 10.8. The first kappa shape index (κ1) is 11.4. The lowest BCUT2D eigenvalue weighted by molar-refractivity contribution is -0.129. The van der Waals surface area contributed by atoms with Gasteiger partial charge in [0.1, 0.15) is 10.4 Å². The van der Waals surface area contributed by atoms with Crippen LogP contribution >= 0.6 is 15.9 Å². The lowest BCUT2D eigenvalue weighted by atomic mass is 10.3. The van der Waals surface area contributed by atoms with Crippen LogP contribution in [0.5, 0.6) is 0 Å². The predicted octanol–water partition coefficient (Wildman–Crippen LogP) is 1.51. The van der Waals surface area contributed by atoms with Crippen molar-refractivity contribution in [3.05, 3.63) is 22.8 Å². The first-order valence-electron chi connectivity index (χ1n) is 5.30. The van der Waals surface area contributed by atoms with E-state index in [1.165, 1.54) is 0 Å². The second kappa shape index (κ2) is 4.82. The fourth-order valence-electron chi connectivity index (χ4n) is 1.82. The maximum absolute atomic E-state index is 11.2. The number of aromatic nitrogens is 1. The van der Waals surface area contributed by atoms with Gasteiger partial charge in [-0.25, -0.2) is 4.98 Å². The smallest absolute Gasteiger partial charge is 0.219 e. The molecule has 1 aliphatic heterocycles. The third-order valence-corrected chi connectivity index (χ3v) is 3.19. The molecule has 86 valence electrons. The number of rotatable bonds is 1. The van der Waals surface area contributed by atoms with E-state index in [1.54, 1.807) is 6.92 Å². The highest BCUT2D eigenvalue weighted by Crippen LogP contribution is 2.16. The van der Waals surface area contributed by atoms with Gasteiger partial charge in [0.25, 0.3) is 0 Å². The topological polar surface area (TPSA) is 36.4 Å². The third kappa shape index (κ3) is 2.52. The average Bonchev–Trinajstić information content (AvgIpc) is 2.29. The third-order valence-electron chi connectivity index (χ3n) is 2.75. The Bertz CT molecular complexity index is 389.